The number of aliphatic carboxylic acids is 1. The van der Waals surface area contributed by atoms with Crippen LogP contribution in [-0.2, 0) is 11.2 Å². The van der Waals surface area contributed by atoms with Crippen molar-refractivity contribution in [2.45, 2.75) is 6.42 Å². The Morgan fingerprint density at radius 2 is 1.59 bits per heavy atom. The molecule has 0 saturated carbocycles. The first-order valence-electron chi connectivity index (χ1n) is 5.04. The third-order valence-corrected chi connectivity index (χ3v) is 2.54. The topological polar surface area (TPSA) is 74.6 Å². The Kier molecular flexibility index (Phi) is 2.78. The van der Waals surface area contributed by atoms with Gasteiger partial charge in [0.25, 0.3) is 0 Å². The largest absolute Gasteiger partial charge is 0.481 e. The number of aromatic carboxylic acids is 1. The van der Waals surface area contributed by atoms with E-state index in [1.54, 1.807) is 12.1 Å². The molecule has 86 valence electrons. The van der Waals surface area contributed by atoms with Crippen LogP contribution in [0.5, 0.6) is 0 Å². The molecule has 0 atom stereocenters. The first kappa shape index (κ1) is 11.1. The van der Waals surface area contributed by atoms with Crippen LogP contribution in [0.4, 0.5) is 0 Å². The number of carbonyl (C=O) groups is 2. The minimum Gasteiger partial charge on any atom is -0.481 e. The molecular formula is C13H10O4. The minimum atomic E-state index is -1.10. The zero-order chi connectivity index (χ0) is 12.4. The number of carboxylic acids is 2. The third-order valence-electron chi connectivity index (χ3n) is 2.54. The first-order chi connectivity index (χ1) is 8.08. The lowest BCUT2D eigenvalue weighted by atomic mass is 9.99. The van der Waals surface area contributed by atoms with Gasteiger partial charge in [-0.2, -0.15) is 0 Å². The molecule has 0 radical (unpaired) electrons. The summed E-state index contributed by atoms with van der Waals surface area (Å²) in [5, 5.41) is 19.4. The molecule has 2 rings (SSSR count). The highest BCUT2D eigenvalue weighted by Crippen LogP contribution is 2.20. The predicted molar refractivity (Wildman–Crippen MR) is 62.2 cm³/mol. The van der Waals surface area contributed by atoms with Gasteiger partial charge in [0, 0.05) is 0 Å². The fourth-order valence-electron chi connectivity index (χ4n) is 1.80. The lowest BCUT2D eigenvalue weighted by Gasteiger charge is -2.06. The lowest BCUT2D eigenvalue weighted by molar-refractivity contribution is -0.136. The SMILES string of the molecule is O=C(O)Cc1cc2ccccc2cc1C(=O)O. The molecule has 17 heavy (non-hydrogen) atoms. The van der Waals surface area contributed by atoms with Crippen LogP contribution < -0.4 is 0 Å². The molecular weight excluding hydrogens is 220 g/mol. The van der Waals surface area contributed by atoms with Crippen LogP contribution in [0.1, 0.15) is 15.9 Å². The summed E-state index contributed by atoms with van der Waals surface area (Å²) in [7, 11) is 0. The summed E-state index contributed by atoms with van der Waals surface area (Å²) in [6.07, 6.45) is -0.285. The van der Waals surface area contributed by atoms with E-state index in [1.807, 2.05) is 18.2 Å². The second-order valence-corrected chi connectivity index (χ2v) is 3.73. The van der Waals surface area contributed by atoms with Gasteiger partial charge in [0.2, 0.25) is 0 Å². The number of hydrogen-bond donors (Lipinski definition) is 2. The Bertz CT molecular complexity index is 601. The van der Waals surface area contributed by atoms with Crippen LogP contribution in [0, 0.1) is 0 Å². The van der Waals surface area contributed by atoms with Crippen LogP contribution in [0.2, 0.25) is 0 Å². The standard InChI is InChI=1S/C13H10O4/c14-12(15)7-10-5-8-3-1-2-4-9(8)6-11(10)13(16)17/h1-6H,7H2,(H,14,15)(H,16,17). The highest BCUT2D eigenvalue weighted by atomic mass is 16.4. The van der Waals surface area contributed by atoms with Gasteiger partial charge in [-0.1, -0.05) is 24.3 Å². The van der Waals surface area contributed by atoms with Crippen molar-refractivity contribution in [2.75, 3.05) is 0 Å². The van der Waals surface area contributed by atoms with E-state index in [0.29, 0.717) is 5.56 Å². The van der Waals surface area contributed by atoms with Crippen LogP contribution in [0.3, 0.4) is 0 Å². The van der Waals surface area contributed by atoms with Gasteiger partial charge in [-0.05, 0) is 28.5 Å². The molecule has 0 fully saturated rings. The van der Waals surface area contributed by atoms with E-state index in [1.165, 1.54) is 6.07 Å². The van der Waals surface area contributed by atoms with Crippen molar-refractivity contribution < 1.29 is 19.8 Å². The third kappa shape index (κ3) is 2.25. The van der Waals surface area contributed by atoms with E-state index >= 15 is 0 Å². The number of rotatable bonds is 3. The van der Waals surface area contributed by atoms with Gasteiger partial charge >= 0.3 is 11.9 Å². The summed E-state index contributed by atoms with van der Waals surface area (Å²) >= 11 is 0. The van der Waals surface area contributed by atoms with Gasteiger partial charge in [0.1, 0.15) is 0 Å². The molecule has 0 bridgehead atoms. The molecule has 0 aliphatic rings. The average molecular weight is 230 g/mol. The number of carboxylic acid groups (broad SMARTS) is 2. The van der Waals surface area contributed by atoms with Crippen LogP contribution >= 0.6 is 0 Å². The molecule has 0 aliphatic heterocycles. The van der Waals surface area contributed by atoms with Crippen molar-refractivity contribution in [2.24, 2.45) is 0 Å². The van der Waals surface area contributed by atoms with Gasteiger partial charge < -0.3 is 10.2 Å². The second kappa shape index (κ2) is 4.25. The summed E-state index contributed by atoms with van der Waals surface area (Å²) < 4.78 is 0. The maximum atomic E-state index is 11.1. The van der Waals surface area contributed by atoms with Crippen molar-refractivity contribution in [3.05, 3.63) is 47.5 Å². The van der Waals surface area contributed by atoms with Crippen molar-refractivity contribution >= 4 is 22.7 Å². The summed E-state index contributed by atoms with van der Waals surface area (Å²) in [5.41, 5.74) is 0.370. The molecule has 0 saturated heterocycles. The van der Waals surface area contributed by atoms with Gasteiger partial charge in [-0.15, -0.1) is 0 Å². The number of fused-ring (bicyclic) bond motifs is 1. The normalized spacial score (nSPS) is 10.4. The van der Waals surface area contributed by atoms with Gasteiger partial charge in [-0.3, -0.25) is 4.79 Å². The summed E-state index contributed by atoms with van der Waals surface area (Å²) in [5.74, 6) is -2.14. The Morgan fingerprint density at radius 1 is 1.00 bits per heavy atom. The molecule has 2 aromatic carbocycles. The monoisotopic (exact) mass is 230 g/mol. The summed E-state index contributed by atoms with van der Waals surface area (Å²) in [6.45, 7) is 0. The smallest absolute Gasteiger partial charge is 0.336 e. The second-order valence-electron chi connectivity index (χ2n) is 3.73. The molecule has 2 aromatic rings. The van der Waals surface area contributed by atoms with E-state index in [4.69, 9.17) is 10.2 Å². The first-order valence-corrected chi connectivity index (χ1v) is 5.04. The Balaban J connectivity index is 2.66. The van der Waals surface area contributed by atoms with E-state index < -0.39 is 11.9 Å². The van der Waals surface area contributed by atoms with Crippen molar-refractivity contribution in [1.29, 1.82) is 0 Å². The Labute approximate surface area is 97.1 Å². The molecule has 0 aliphatic carbocycles. The fraction of sp³-hybridized carbons (Fsp3) is 0.0769. The van der Waals surface area contributed by atoms with Crippen molar-refractivity contribution in [3.63, 3.8) is 0 Å². The molecule has 4 nitrogen and oxygen atoms in total. The molecule has 4 heteroatoms. The maximum Gasteiger partial charge on any atom is 0.336 e. The van der Waals surface area contributed by atoms with Gasteiger partial charge in [0.05, 0.1) is 12.0 Å². The van der Waals surface area contributed by atoms with Crippen molar-refractivity contribution in [1.82, 2.24) is 0 Å². The summed E-state index contributed by atoms with van der Waals surface area (Å²) in [4.78, 5) is 21.7. The predicted octanol–water partition coefficient (Wildman–Crippen LogP) is 2.17. The zero-order valence-corrected chi connectivity index (χ0v) is 8.88. The molecule has 0 unspecified atom stereocenters. The van der Waals surface area contributed by atoms with E-state index in [2.05, 4.69) is 0 Å². The highest BCUT2D eigenvalue weighted by molar-refractivity contribution is 5.97. The Morgan fingerprint density at radius 3 is 2.12 bits per heavy atom. The summed E-state index contributed by atoms with van der Waals surface area (Å²) in [6, 6.07) is 10.4. The van der Waals surface area contributed by atoms with Crippen LogP contribution in [0.15, 0.2) is 36.4 Å². The highest BCUT2D eigenvalue weighted by Gasteiger charge is 2.13. The molecule has 0 heterocycles. The van der Waals surface area contributed by atoms with Crippen LogP contribution in [-0.4, -0.2) is 22.2 Å². The maximum absolute atomic E-state index is 11.1. The lowest BCUT2D eigenvalue weighted by Crippen LogP contribution is -2.07. The fourth-order valence-corrected chi connectivity index (χ4v) is 1.80. The molecule has 0 aromatic heterocycles. The van der Waals surface area contributed by atoms with E-state index in [-0.39, 0.29) is 12.0 Å². The molecule has 0 spiro atoms. The van der Waals surface area contributed by atoms with Gasteiger partial charge in [-0.25, -0.2) is 4.79 Å². The van der Waals surface area contributed by atoms with Gasteiger partial charge in [0.15, 0.2) is 0 Å². The molecule has 2 N–H and O–H groups in total. The van der Waals surface area contributed by atoms with E-state index in [9.17, 15) is 9.59 Å². The average Bonchev–Trinajstić information content (AvgIpc) is 2.27. The van der Waals surface area contributed by atoms with E-state index in [0.717, 1.165) is 10.8 Å². The zero-order valence-electron chi connectivity index (χ0n) is 8.88. The number of benzene rings is 2. The molecule has 0 amide bonds. The quantitative estimate of drug-likeness (QED) is 0.847. The number of hydrogen-bond acceptors (Lipinski definition) is 2. The van der Waals surface area contributed by atoms with Crippen molar-refractivity contribution in [3.8, 4) is 0 Å². The van der Waals surface area contributed by atoms with Crippen LogP contribution in [0.25, 0.3) is 10.8 Å². The Hall–Kier alpha value is -2.36. The minimum absolute atomic E-state index is 0.0473.